The van der Waals surface area contributed by atoms with Crippen LogP contribution in [0.15, 0.2) is 59.0 Å². The van der Waals surface area contributed by atoms with E-state index in [1.165, 1.54) is 0 Å². The van der Waals surface area contributed by atoms with Crippen molar-refractivity contribution >= 4 is 45.9 Å². The molecule has 4 aromatic rings. The topological polar surface area (TPSA) is 64.4 Å². The lowest BCUT2D eigenvalue weighted by Crippen LogP contribution is -2.20. The van der Waals surface area contributed by atoms with Gasteiger partial charge in [-0.1, -0.05) is 35.3 Å². The van der Waals surface area contributed by atoms with Gasteiger partial charge in [-0.25, -0.2) is 4.98 Å². The van der Waals surface area contributed by atoms with E-state index in [1.54, 1.807) is 30.3 Å². The van der Waals surface area contributed by atoms with Crippen LogP contribution in [0.3, 0.4) is 0 Å². The molecule has 7 heteroatoms. The number of ether oxygens (including phenoxy) is 1. The molecule has 1 amide bonds. The Bertz CT molecular complexity index is 1210. The number of aryl methyl sites for hydroxylation is 2. The Morgan fingerprint density at radius 3 is 2.47 bits per heavy atom. The van der Waals surface area contributed by atoms with E-state index in [4.69, 9.17) is 32.4 Å². The number of carbonyl (C=O) groups excluding carboxylic acids is 1. The normalized spacial score (nSPS) is 10.9. The van der Waals surface area contributed by atoms with Crippen molar-refractivity contribution in [1.29, 1.82) is 0 Å². The number of aromatic nitrogens is 1. The van der Waals surface area contributed by atoms with Crippen molar-refractivity contribution in [2.75, 3.05) is 11.9 Å². The second-order valence-electron chi connectivity index (χ2n) is 6.91. The molecule has 3 aromatic carbocycles. The number of amides is 1. The average Bonchev–Trinajstić information content (AvgIpc) is 3.12. The fourth-order valence-corrected chi connectivity index (χ4v) is 3.66. The molecule has 0 atom stereocenters. The van der Waals surface area contributed by atoms with Crippen molar-refractivity contribution in [2.24, 2.45) is 0 Å². The van der Waals surface area contributed by atoms with Crippen molar-refractivity contribution < 1.29 is 13.9 Å². The molecule has 152 valence electrons. The molecule has 1 aromatic heterocycles. The number of fused-ring (bicyclic) bond motifs is 1. The Labute approximate surface area is 183 Å². The van der Waals surface area contributed by atoms with Gasteiger partial charge in [-0.2, -0.15) is 0 Å². The highest BCUT2D eigenvalue weighted by Gasteiger charge is 2.12. The maximum Gasteiger partial charge on any atom is 0.262 e. The number of halogens is 2. The van der Waals surface area contributed by atoms with Crippen LogP contribution in [-0.2, 0) is 4.79 Å². The smallest absolute Gasteiger partial charge is 0.262 e. The summed E-state index contributed by atoms with van der Waals surface area (Å²) in [6.07, 6.45) is 0. The van der Waals surface area contributed by atoms with Gasteiger partial charge in [0.2, 0.25) is 5.89 Å². The number of rotatable bonds is 5. The van der Waals surface area contributed by atoms with Crippen LogP contribution in [0, 0.1) is 13.8 Å². The molecule has 0 aliphatic rings. The molecule has 4 rings (SSSR count). The largest absolute Gasteiger partial charge is 0.481 e. The maximum absolute atomic E-state index is 12.2. The van der Waals surface area contributed by atoms with Gasteiger partial charge in [0.1, 0.15) is 5.52 Å². The Balaban J connectivity index is 1.43. The van der Waals surface area contributed by atoms with Gasteiger partial charge >= 0.3 is 0 Å². The molecule has 1 N–H and O–H groups in total. The number of hydrogen-bond acceptors (Lipinski definition) is 4. The average molecular weight is 441 g/mol. The lowest BCUT2D eigenvalue weighted by Gasteiger charge is -2.10. The fourth-order valence-electron chi connectivity index (χ4n) is 3.15. The third kappa shape index (κ3) is 4.27. The number of benzene rings is 3. The van der Waals surface area contributed by atoms with Gasteiger partial charge in [0.25, 0.3) is 5.91 Å². The van der Waals surface area contributed by atoms with Crippen LogP contribution < -0.4 is 10.1 Å². The number of oxazole rings is 1. The molecule has 5 nitrogen and oxygen atoms in total. The molecule has 0 saturated carbocycles. The summed E-state index contributed by atoms with van der Waals surface area (Å²) in [7, 11) is 0. The van der Waals surface area contributed by atoms with E-state index in [1.807, 2.05) is 32.0 Å². The predicted octanol–water partition coefficient (Wildman–Crippen LogP) is 6.44. The number of nitrogens with zero attached hydrogens (tertiary/aromatic N) is 1. The van der Waals surface area contributed by atoms with Crippen LogP contribution in [0.1, 0.15) is 11.1 Å². The summed E-state index contributed by atoms with van der Waals surface area (Å²) in [6, 6.07) is 16.3. The molecule has 0 unspecified atom stereocenters. The van der Waals surface area contributed by atoms with E-state index in [-0.39, 0.29) is 18.3 Å². The lowest BCUT2D eigenvalue weighted by atomic mass is 10.1. The van der Waals surface area contributed by atoms with Crippen molar-refractivity contribution in [1.82, 2.24) is 4.98 Å². The van der Waals surface area contributed by atoms with Crippen molar-refractivity contribution in [3.05, 3.63) is 75.8 Å². The van der Waals surface area contributed by atoms with Gasteiger partial charge < -0.3 is 14.5 Å². The summed E-state index contributed by atoms with van der Waals surface area (Å²) in [5.74, 6) is 0.493. The summed E-state index contributed by atoms with van der Waals surface area (Å²) >= 11 is 12.1. The summed E-state index contributed by atoms with van der Waals surface area (Å²) in [5, 5.41) is 3.47. The van der Waals surface area contributed by atoms with E-state index in [2.05, 4.69) is 16.4 Å². The molecule has 0 fully saturated rings. The number of hydrogen-bond donors (Lipinski definition) is 1. The minimum Gasteiger partial charge on any atom is -0.481 e. The van der Waals surface area contributed by atoms with Crippen LogP contribution in [0.2, 0.25) is 10.0 Å². The second kappa shape index (κ2) is 8.38. The van der Waals surface area contributed by atoms with Gasteiger partial charge in [-0.3, -0.25) is 4.79 Å². The molecule has 0 radical (unpaired) electrons. The molecule has 0 spiro atoms. The first kappa shape index (κ1) is 20.3. The van der Waals surface area contributed by atoms with Gasteiger partial charge in [-0.05, 0) is 67.4 Å². The standard InChI is InChI=1S/C23H18Cl2N2O3/c1-13-10-14(2)21-19(11-13)27-23(30-21)15-6-8-16(9-7-15)26-20(28)12-29-22-17(24)4-3-5-18(22)25/h3-11H,12H2,1-2H3,(H,26,28). The minimum atomic E-state index is -0.327. The lowest BCUT2D eigenvalue weighted by molar-refractivity contribution is -0.118. The monoisotopic (exact) mass is 440 g/mol. The van der Waals surface area contributed by atoms with E-state index in [0.717, 1.165) is 27.8 Å². The summed E-state index contributed by atoms with van der Waals surface area (Å²) in [5.41, 5.74) is 5.24. The zero-order valence-electron chi connectivity index (χ0n) is 16.3. The highest BCUT2D eigenvalue weighted by Crippen LogP contribution is 2.32. The van der Waals surface area contributed by atoms with Crippen LogP contribution in [0.5, 0.6) is 5.75 Å². The van der Waals surface area contributed by atoms with Crippen molar-refractivity contribution in [3.63, 3.8) is 0 Å². The van der Waals surface area contributed by atoms with E-state index < -0.39 is 0 Å². The summed E-state index contributed by atoms with van der Waals surface area (Å²) in [6.45, 7) is 3.82. The molecule has 0 aliphatic heterocycles. The Kier molecular flexibility index (Phi) is 5.66. The van der Waals surface area contributed by atoms with Crippen LogP contribution in [0.4, 0.5) is 5.69 Å². The Hall–Kier alpha value is -3.02. The first-order valence-corrected chi connectivity index (χ1v) is 10.0. The van der Waals surface area contributed by atoms with Crippen LogP contribution in [0.25, 0.3) is 22.6 Å². The van der Waals surface area contributed by atoms with E-state index >= 15 is 0 Å². The van der Waals surface area contributed by atoms with Gasteiger partial charge in [0.15, 0.2) is 17.9 Å². The summed E-state index contributed by atoms with van der Waals surface area (Å²) < 4.78 is 11.4. The quantitative estimate of drug-likeness (QED) is 0.387. The molecule has 0 aliphatic carbocycles. The van der Waals surface area contributed by atoms with E-state index in [0.29, 0.717) is 21.6 Å². The second-order valence-corrected chi connectivity index (χ2v) is 7.73. The third-order valence-corrected chi connectivity index (χ3v) is 5.10. The molecule has 30 heavy (non-hydrogen) atoms. The number of nitrogens with one attached hydrogen (secondary N) is 1. The summed E-state index contributed by atoms with van der Waals surface area (Å²) in [4.78, 5) is 16.8. The van der Waals surface area contributed by atoms with Crippen molar-refractivity contribution in [3.8, 4) is 17.2 Å². The molecule has 0 bridgehead atoms. The molecular formula is C23H18Cl2N2O3. The van der Waals surface area contributed by atoms with Gasteiger partial charge in [0.05, 0.1) is 10.0 Å². The minimum absolute atomic E-state index is 0.213. The number of para-hydroxylation sites is 1. The maximum atomic E-state index is 12.2. The first-order valence-electron chi connectivity index (χ1n) is 9.25. The molecule has 0 saturated heterocycles. The SMILES string of the molecule is Cc1cc(C)c2oc(-c3ccc(NC(=O)COc4c(Cl)cccc4Cl)cc3)nc2c1. The zero-order chi connectivity index (χ0) is 21.3. The van der Waals surface area contributed by atoms with E-state index in [9.17, 15) is 4.79 Å². The number of anilines is 1. The van der Waals surface area contributed by atoms with Crippen molar-refractivity contribution in [2.45, 2.75) is 13.8 Å². The zero-order valence-corrected chi connectivity index (χ0v) is 17.8. The first-order chi connectivity index (χ1) is 14.4. The van der Waals surface area contributed by atoms with Gasteiger partial charge in [-0.15, -0.1) is 0 Å². The van der Waals surface area contributed by atoms with Crippen LogP contribution >= 0.6 is 23.2 Å². The molecule has 1 heterocycles. The Morgan fingerprint density at radius 2 is 1.77 bits per heavy atom. The third-order valence-electron chi connectivity index (χ3n) is 4.50. The highest BCUT2D eigenvalue weighted by molar-refractivity contribution is 6.37. The highest BCUT2D eigenvalue weighted by atomic mass is 35.5. The number of carbonyl (C=O) groups is 1. The van der Waals surface area contributed by atoms with Crippen LogP contribution in [-0.4, -0.2) is 17.5 Å². The fraction of sp³-hybridized carbons (Fsp3) is 0.130. The predicted molar refractivity (Wildman–Crippen MR) is 120 cm³/mol. The Morgan fingerprint density at radius 1 is 1.07 bits per heavy atom. The molecular weight excluding hydrogens is 423 g/mol. The van der Waals surface area contributed by atoms with Gasteiger partial charge in [0, 0.05) is 11.3 Å².